The standard InChI is InChI=1S/C21H26N2O5S/c1-14(15-5-7-18(8-6-15)29(4,25)26)22-21(24)23-10-9-16-11-19(27-2)20(28-3)12-17(16)13-23/h5-8,11-12,14H,9-10,13H2,1-4H3,(H,22,24). The molecular weight excluding hydrogens is 392 g/mol. The molecule has 1 aliphatic rings. The number of rotatable bonds is 5. The molecule has 1 aliphatic heterocycles. The van der Waals surface area contributed by atoms with E-state index in [0.717, 1.165) is 23.1 Å². The van der Waals surface area contributed by atoms with Crippen LogP contribution in [0.5, 0.6) is 11.5 Å². The molecule has 0 saturated heterocycles. The maximum Gasteiger partial charge on any atom is 0.318 e. The molecule has 7 nitrogen and oxygen atoms in total. The summed E-state index contributed by atoms with van der Waals surface area (Å²) >= 11 is 0. The first-order chi connectivity index (χ1) is 13.7. The molecule has 156 valence electrons. The fraction of sp³-hybridized carbons (Fsp3) is 0.381. The summed E-state index contributed by atoms with van der Waals surface area (Å²) in [6, 6.07) is 10.0. The van der Waals surface area contributed by atoms with Gasteiger partial charge in [0.15, 0.2) is 21.3 Å². The van der Waals surface area contributed by atoms with Crippen LogP contribution in [0.25, 0.3) is 0 Å². The Bertz CT molecular complexity index is 1000. The highest BCUT2D eigenvalue weighted by Gasteiger charge is 2.24. The molecule has 2 aromatic carbocycles. The highest BCUT2D eigenvalue weighted by molar-refractivity contribution is 7.90. The normalized spacial score (nSPS) is 14.7. The van der Waals surface area contributed by atoms with E-state index >= 15 is 0 Å². The lowest BCUT2D eigenvalue weighted by Gasteiger charge is -2.31. The number of fused-ring (bicyclic) bond motifs is 1. The van der Waals surface area contributed by atoms with Gasteiger partial charge in [-0.1, -0.05) is 12.1 Å². The predicted molar refractivity (Wildman–Crippen MR) is 110 cm³/mol. The highest BCUT2D eigenvalue weighted by atomic mass is 32.2. The molecule has 8 heteroatoms. The molecule has 2 amide bonds. The van der Waals surface area contributed by atoms with Crippen molar-refractivity contribution in [2.45, 2.75) is 30.8 Å². The minimum absolute atomic E-state index is 0.162. The second-order valence-corrected chi connectivity index (χ2v) is 9.18. The van der Waals surface area contributed by atoms with Gasteiger partial charge in [0, 0.05) is 19.3 Å². The number of hydrogen-bond donors (Lipinski definition) is 1. The molecule has 0 spiro atoms. The Balaban J connectivity index is 1.69. The van der Waals surface area contributed by atoms with Gasteiger partial charge in [-0.2, -0.15) is 0 Å². The van der Waals surface area contributed by atoms with Crippen molar-refractivity contribution in [2.75, 3.05) is 27.0 Å². The van der Waals surface area contributed by atoms with Crippen molar-refractivity contribution in [1.82, 2.24) is 10.2 Å². The molecule has 0 bridgehead atoms. The predicted octanol–water partition coefficient (Wildman–Crippen LogP) is 2.94. The number of sulfone groups is 1. The van der Waals surface area contributed by atoms with Crippen molar-refractivity contribution in [1.29, 1.82) is 0 Å². The maximum absolute atomic E-state index is 12.8. The maximum atomic E-state index is 12.8. The van der Waals surface area contributed by atoms with Crippen LogP contribution in [-0.2, 0) is 22.8 Å². The number of nitrogens with zero attached hydrogens (tertiary/aromatic N) is 1. The molecule has 29 heavy (non-hydrogen) atoms. The zero-order chi connectivity index (χ0) is 21.2. The molecular formula is C21H26N2O5S. The third kappa shape index (κ3) is 4.64. The van der Waals surface area contributed by atoms with E-state index < -0.39 is 9.84 Å². The number of carbonyl (C=O) groups is 1. The molecule has 1 atom stereocenters. The van der Waals surface area contributed by atoms with Gasteiger partial charge < -0.3 is 19.7 Å². The summed E-state index contributed by atoms with van der Waals surface area (Å²) in [5.41, 5.74) is 3.03. The number of carbonyl (C=O) groups excluding carboxylic acids is 1. The zero-order valence-electron chi connectivity index (χ0n) is 17.1. The van der Waals surface area contributed by atoms with Gasteiger partial charge in [0.25, 0.3) is 0 Å². The third-order valence-corrected chi connectivity index (χ3v) is 6.28. The Kier molecular flexibility index (Phi) is 6.02. The monoisotopic (exact) mass is 418 g/mol. The summed E-state index contributed by atoms with van der Waals surface area (Å²) in [7, 11) is -0.0401. The Morgan fingerprint density at radius 3 is 2.21 bits per heavy atom. The largest absolute Gasteiger partial charge is 0.493 e. The Morgan fingerprint density at radius 1 is 1.07 bits per heavy atom. The zero-order valence-corrected chi connectivity index (χ0v) is 17.9. The van der Waals surface area contributed by atoms with E-state index in [1.165, 1.54) is 6.26 Å². The first-order valence-corrected chi connectivity index (χ1v) is 11.2. The van der Waals surface area contributed by atoms with E-state index in [4.69, 9.17) is 9.47 Å². The number of benzene rings is 2. The van der Waals surface area contributed by atoms with Gasteiger partial charge in [0.2, 0.25) is 0 Å². The fourth-order valence-corrected chi connectivity index (χ4v) is 4.05. The summed E-state index contributed by atoms with van der Waals surface area (Å²) in [6.07, 6.45) is 1.91. The van der Waals surface area contributed by atoms with Crippen LogP contribution in [0.1, 0.15) is 29.7 Å². The van der Waals surface area contributed by atoms with Crippen molar-refractivity contribution in [3.63, 3.8) is 0 Å². The van der Waals surface area contributed by atoms with Crippen LogP contribution < -0.4 is 14.8 Å². The van der Waals surface area contributed by atoms with Crippen molar-refractivity contribution in [3.05, 3.63) is 53.1 Å². The molecule has 0 aliphatic carbocycles. The Hall–Kier alpha value is -2.74. The van der Waals surface area contributed by atoms with E-state index in [1.54, 1.807) is 43.4 Å². The number of nitrogens with one attached hydrogen (secondary N) is 1. The number of ether oxygens (including phenoxy) is 2. The molecule has 0 saturated carbocycles. The molecule has 0 fully saturated rings. The number of methoxy groups -OCH3 is 2. The lowest BCUT2D eigenvalue weighted by atomic mass is 9.99. The van der Waals surface area contributed by atoms with E-state index in [-0.39, 0.29) is 17.0 Å². The molecule has 1 unspecified atom stereocenters. The molecule has 3 rings (SSSR count). The van der Waals surface area contributed by atoms with Crippen LogP contribution in [0.3, 0.4) is 0 Å². The van der Waals surface area contributed by atoms with Crippen LogP contribution >= 0.6 is 0 Å². The van der Waals surface area contributed by atoms with Crippen molar-refractivity contribution >= 4 is 15.9 Å². The molecule has 1 N–H and O–H groups in total. The van der Waals surface area contributed by atoms with E-state index in [9.17, 15) is 13.2 Å². The van der Waals surface area contributed by atoms with E-state index in [1.807, 2.05) is 19.1 Å². The summed E-state index contributed by atoms with van der Waals surface area (Å²) in [4.78, 5) is 14.8. The topological polar surface area (TPSA) is 84.9 Å². The van der Waals surface area contributed by atoms with Crippen LogP contribution in [0.2, 0.25) is 0 Å². The van der Waals surface area contributed by atoms with Gasteiger partial charge in [-0.25, -0.2) is 13.2 Å². The molecule has 0 aromatic heterocycles. The average molecular weight is 419 g/mol. The van der Waals surface area contributed by atoms with Crippen molar-refractivity contribution in [3.8, 4) is 11.5 Å². The second kappa shape index (κ2) is 8.32. The quantitative estimate of drug-likeness (QED) is 0.807. The van der Waals surface area contributed by atoms with E-state index in [2.05, 4.69) is 5.32 Å². The lowest BCUT2D eigenvalue weighted by molar-refractivity contribution is 0.189. The SMILES string of the molecule is COc1cc2c(cc1OC)CN(C(=O)NC(C)c1ccc(S(C)(=O)=O)cc1)CC2. The molecule has 0 radical (unpaired) electrons. The van der Waals surface area contributed by atoms with Gasteiger partial charge in [-0.05, 0) is 54.3 Å². The molecule has 2 aromatic rings. The van der Waals surface area contributed by atoms with E-state index in [0.29, 0.717) is 24.6 Å². The summed E-state index contributed by atoms with van der Waals surface area (Å²) in [5.74, 6) is 1.34. The Morgan fingerprint density at radius 2 is 1.66 bits per heavy atom. The number of hydrogen-bond acceptors (Lipinski definition) is 5. The fourth-order valence-electron chi connectivity index (χ4n) is 3.42. The van der Waals surface area contributed by atoms with Gasteiger partial charge in [-0.3, -0.25) is 0 Å². The minimum Gasteiger partial charge on any atom is -0.493 e. The summed E-state index contributed by atoms with van der Waals surface area (Å²) < 4.78 is 33.9. The van der Waals surface area contributed by atoms with Gasteiger partial charge >= 0.3 is 6.03 Å². The second-order valence-electron chi connectivity index (χ2n) is 7.16. The van der Waals surface area contributed by atoms with Crippen LogP contribution in [-0.4, -0.2) is 46.4 Å². The number of urea groups is 1. The average Bonchev–Trinajstić information content (AvgIpc) is 2.71. The van der Waals surface area contributed by atoms with Crippen LogP contribution in [0.15, 0.2) is 41.3 Å². The van der Waals surface area contributed by atoms with Gasteiger partial charge in [-0.15, -0.1) is 0 Å². The van der Waals surface area contributed by atoms with Crippen LogP contribution in [0.4, 0.5) is 4.79 Å². The van der Waals surface area contributed by atoms with Gasteiger partial charge in [0.05, 0.1) is 25.2 Å². The minimum atomic E-state index is -3.24. The van der Waals surface area contributed by atoms with Crippen LogP contribution in [0, 0.1) is 0 Å². The van der Waals surface area contributed by atoms with Gasteiger partial charge in [0.1, 0.15) is 0 Å². The summed E-state index contributed by atoms with van der Waals surface area (Å²) in [6.45, 7) is 2.97. The first-order valence-electron chi connectivity index (χ1n) is 9.32. The highest BCUT2D eigenvalue weighted by Crippen LogP contribution is 2.33. The number of amides is 2. The lowest BCUT2D eigenvalue weighted by Crippen LogP contribution is -2.43. The Labute approximate surface area is 171 Å². The first kappa shape index (κ1) is 21.0. The third-order valence-electron chi connectivity index (χ3n) is 5.15. The van der Waals surface area contributed by atoms with Crippen molar-refractivity contribution in [2.24, 2.45) is 0 Å². The smallest absolute Gasteiger partial charge is 0.318 e. The van der Waals surface area contributed by atoms with Crippen molar-refractivity contribution < 1.29 is 22.7 Å². The summed E-state index contributed by atoms with van der Waals surface area (Å²) in [5, 5.41) is 2.99. The molecule has 1 heterocycles.